The number of hydrogen-bond donors (Lipinski definition) is 1. The molecule has 1 aromatic carbocycles. The smallest absolute Gasteiger partial charge is 0.408 e. The molecule has 0 spiro atoms. The normalized spacial score (nSPS) is 40.2. The molecule has 6 heteroatoms. The minimum Gasteiger partial charge on any atom is -0.465 e. The number of nitrogens with one attached hydrogen (secondary N) is 1. The fraction of sp³-hybridized carbons (Fsp3) is 0.744. The Bertz CT molecular complexity index is 1410. The van der Waals surface area contributed by atoms with Crippen LogP contribution in [0.1, 0.15) is 136 Å². The largest absolute Gasteiger partial charge is 0.465 e. The predicted octanol–water partition coefficient (Wildman–Crippen LogP) is 9.74. The number of ether oxygens (including phenoxy) is 2. The molecule has 5 aliphatic rings. The molecule has 5 aliphatic carbocycles. The van der Waals surface area contributed by atoms with Crippen LogP contribution in [0, 0.1) is 51.1 Å². The van der Waals surface area contributed by atoms with Crippen molar-refractivity contribution in [3.05, 3.63) is 41.2 Å². The Labute approximate surface area is 270 Å². The topological polar surface area (TPSA) is 64.6 Å². The monoisotopic (exact) mass is 621 g/mol. The molecule has 1 amide bonds. The van der Waals surface area contributed by atoms with Crippen molar-refractivity contribution in [1.29, 1.82) is 0 Å². The molecule has 2 unspecified atom stereocenters. The Kier molecular flexibility index (Phi) is 7.65. The Hall–Kier alpha value is -2.37. The van der Waals surface area contributed by atoms with Crippen LogP contribution < -0.4 is 5.32 Å². The third-order valence-corrected chi connectivity index (χ3v) is 14.4. The zero-order valence-electron chi connectivity index (χ0n) is 29.2. The molecule has 1 N–H and O–H groups in total. The zero-order chi connectivity index (χ0) is 32.8. The third kappa shape index (κ3) is 4.81. The highest BCUT2D eigenvalue weighted by molar-refractivity contribution is 5.90. The number of rotatable bonds is 3. The van der Waals surface area contributed by atoms with Crippen LogP contribution in [0.2, 0.25) is 0 Å². The van der Waals surface area contributed by atoms with Crippen LogP contribution in [0.4, 0.5) is 9.18 Å². The van der Waals surface area contributed by atoms with Gasteiger partial charge < -0.3 is 14.8 Å². The van der Waals surface area contributed by atoms with Crippen molar-refractivity contribution in [2.24, 2.45) is 45.3 Å². The predicted molar refractivity (Wildman–Crippen MR) is 176 cm³/mol. The lowest BCUT2D eigenvalue weighted by molar-refractivity contribution is -0.216. The first-order chi connectivity index (χ1) is 20.9. The Morgan fingerprint density at radius 2 is 1.62 bits per heavy atom. The molecule has 45 heavy (non-hydrogen) atoms. The molecule has 0 bridgehead atoms. The minimum absolute atomic E-state index is 0.0150. The number of esters is 1. The van der Waals surface area contributed by atoms with Crippen molar-refractivity contribution >= 4 is 17.6 Å². The SMILES string of the molecule is COC(=O)c1ccc(C2=CC[C@@]3(C)C(CC[C@]4(C)C3CC[C@@H]3[C@H]5CCC[C@]5(NC(=O)OC(C)(C)C)CC[C@]34C)C2(C)C)cc1F. The first kappa shape index (κ1) is 32.6. The molecule has 0 aromatic heterocycles. The zero-order valence-corrected chi connectivity index (χ0v) is 29.2. The Morgan fingerprint density at radius 1 is 0.889 bits per heavy atom. The molecule has 4 fully saturated rings. The van der Waals surface area contributed by atoms with Crippen LogP contribution in [0.15, 0.2) is 24.3 Å². The van der Waals surface area contributed by atoms with Gasteiger partial charge >= 0.3 is 12.1 Å². The van der Waals surface area contributed by atoms with Crippen LogP contribution in [-0.2, 0) is 9.47 Å². The van der Waals surface area contributed by atoms with Crippen LogP contribution in [0.3, 0.4) is 0 Å². The highest BCUT2D eigenvalue weighted by Crippen LogP contribution is 2.76. The number of methoxy groups -OCH3 is 1. The summed E-state index contributed by atoms with van der Waals surface area (Å²) in [5.41, 5.74) is 1.88. The molecular formula is C39H56FNO4. The van der Waals surface area contributed by atoms with E-state index in [0.29, 0.717) is 23.7 Å². The van der Waals surface area contributed by atoms with Gasteiger partial charge in [-0.15, -0.1) is 0 Å². The number of benzene rings is 1. The molecule has 0 saturated heterocycles. The van der Waals surface area contributed by atoms with Gasteiger partial charge in [-0.25, -0.2) is 14.0 Å². The second-order valence-corrected chi connectivity index (χ2v) is 17.7. The first-order valence-corrected chi connectivity index (χ1v) is 17.5. The lowest BCUT2D eigenvalue weighted by Crippen LogP contribution is -2.67. The molecule has 4 saturated carbocycles. The summed E-state index contributed by atoms with van der Waals surface area (Å²) in [4.78, 5) is 25.1. The summed E-state index contributed by atoms with van der Waals surface area (Å²) in [6, 6.07) is 5.00. The summed E-state index contributed by atoms with van der Waals surface area (Å²) in [6.45, 7) is 18.3. The Morgan fingerprint density at radius 3 is 2.29 bits per heavy atom. The molecule has 5 nitrogen and oxygen atoms in total. The summed E-state index contributed by atoms with van der Waals surface area (Å²) in [7, 11) is 1.28. The van der Waals surface area contributed by atoms with E-state index in [9.17, 15) is 9.59 Å². The minimum atomic E-state index is -0.641. The second kappa shape index (κ2) is 10.6. The van der Waals surface area contributed by atoms with Crippen LogP contribution >= 0.6 is 0 Å². The van der Waals surface area contributed by atoms with E-state index < -0.39 is 17.4 Å². The van der Waals surface area contributed by atoms with E-state index in [1.807, 2.05) is 26.8 Å². The van der Waals surface area contributed by atoms with Crippen molar-refractivity contribution in [2.75, 3.05) is 7.11 Å². The van der Waals surface area contributed by atoms with Gasteiger partial charge in [-0.05, 0) is 147 Å². The van der Waals surface area contributed by atoms with E-state index in [1.54, 1.807) is 6.07 Å². The Balaban J connectivity index is 1.29. The molecule has 0 heterocycles. The number of amides is 1. The lowest BCUT2D eigenvalue weighted by Gasteiger charge is -2.72. The summed E-state index contributed by atoms with van der Waals surface area (Å²) in [5.74, 6) is 1.03. The van der Waals surface area contributed by atoms with Gasteiger partial charge in [-0.1, -0.05) is 53.2 Å². The molecular weight excluding hydrogens is 565 g/mol. The molecule has 8 atom stereocenters. The van der Waals surface area contributed by atoms with Gasteiger partial charge in [0.1, 0.15) is 11.4 Å². The van der Waals surface area contributed by atoms with Gasteiger partial charge in [0.15, 0.2) is 0 Å². The number of allylic oxidation sites excluding steroid dienone is 2. The maximum Gasteiger partial charge on any atom is 0.408 e. The molecule has 1 aromatic rings. The fourth-order valence-electron chi connectivity index (χ4n) is 12.3. The number of hydrogen-bond acceptors (Lipinski definition) is 4. The van der Waals surface area contributed by atoms with E-state index >= 15 is 4.39 Å². The van der Waals surface area contributed by atoms with Crippen molar-refractivity contribution < 1.29 is 23.5 Å². The summed E-state index contributed by atoms with van der Waals surface area (Å²) in [6.07, 6.45) is 13.6. The van der Waals surface area contributed by atoms with Crippen LogP contribution in [0.25, 0.3) is 5.57 Å². The number of fused-ring (bicyclic) bond motifs is 7. The van der Waals surface area contributed by atoms with E-state index in [-0.39, 0.29) is 38.9 Å². The second-order valence-electron chi connectivity index (χ2n) is 17.7. The molecule has 248 valence electrons. The van der Waals surface area contributed by atoms with Crippen molar-refractivity contribution in [3.63, 3.8) is 0 Å². The number of carbonyl (C=O) groups is 2. The standard InChI is InChI=1S/C39H56FNO4/c1-34(2,3)45-33(43)41-39-18-10-11-28(39)27-14-15-31-36(6)19-16-26(24-12-13-25(29(40)23-24)32(42)44-9)35(4,5)30(36)17-20-38(31,8)37(27,7)21-22-39/h12-13,16,23,27-28,30-31H,10-11,14-15,17-22H2,1-9H3,(H,41,43)/t27-,28-,30?,31?,36+,37-,38-,39+/m1/s1. The van der Waals surface area contributed by atoms with Crippen molar-refractivity contribution in [1.82, 2.24) is 5.32 Å². The van der Waals surface area contributed by atoms with E-state index in [4.69, 9.17) is 9.47 Å². The van der Waals surface area contributed by atoms with Crippen LogP contribution in [0.5, 0.6) is 0 Å². The highest BCUT2D eigenvalue weighted by atomic mass is 19.1. The summed E-state index contributed by atoms with van der Waals surface area (Å²) < 4.78 is 25.6. The van der Waals surface area contributed by atoms with Gasteiger partial charge in [0.05, 0.1) is 12.7 Å². The van der Waals surface area contributed by atoms with Gasteiger partial charge in [0, 0.05) is 5.54 Å². The van der Waals surface area contributed by atoms with Gasteiger partial charge in [-0.2, -0.15) is 0 Å². The van der Waals surface area contributed by atoms with Crippen LogP contribution in [-0.4, -0.2) is 30.3 Å². The van der Waals surface area contributed by atoms with E-state index in [1.165, 1.54) is 50.9 Å². The van der Waals surface area contributed by atoms with E-state index in [0.717, 1.165) is 37.7 Å². The fourth-order valence-corrected chi connectivity index (χ4v) is 12.3. The summed E-state index contributed by atoms with van der Waals surface area (Å²) in [5, 5.41) is 3.47. The first-order valence-electron chi connectivity index (χ1n) is 17.5. The van der Waals surface area contributed by atoms with Crippen molar-refractivity contribution in [2.45, 2.75) is 131 Å². The molecule has 0 aliphatic heterocycles. The number of carbonyl (C=O) groups excluding carboxylic acids is 2. The average Bonchev–Trinajstić information content (AvgIpc) is 3.35. The van der Waals surface area contributed by atoms with Gasteiger partial charge in [0.2, 0.25) is 0 Å². The number of halogens is 1. The lowest BCUT2D eigenvalue weighted by atomic mass is 9.33. The van der Waals surface area contributed by atoms with Gasteiger partial charge in [-0.3, -0.25) is 0 Å². The molecule has 6 rings (SSSR count). The van der Waals surface area contributed by atoms with E-state index in [2.05, 4.69) is 46.0 Å². The highest BCUT2D eigenvalue weighted by Gasteiger charge is 2.69. The molecule has 0 radical (unpaired) electrons. The summed E-state index contributed by atoms with van der Waals surface area (Å²) >= 11 is 0. The average molecular weight is 622 g/mol. The van der Waals surface area contributed by atoms with Crippen molar-refractivity contribution in [3.8, 4) is 0 Å². The number of alkyl carbamates (subject to hydrolysis) is 1. The maximum absolute atomic E-state index is 15.1. The quantitative estimate of drug-likeness (QED) is 0.341. The van der Waals surface area contributed by atoms with Gasteiger partial charge in [0.25, 0.3) is 0 Å². The maximum atomic E-state index is 15.1. The third-order valence-electron chi connectivity index (χ3n) is 14.4.